The molecule has 3 aromatic heterocycles. The second kappa shape index (κ2) is 8.90. The number of benzene rings is 6. The molecule has 1 aliphatic rings. The molecule has 0 saturated heterocycles. The van der Waals surface area contributed by atoms with Gasteiger partial charge in [0.05, 0.1) is 38.6 Å². The minimum Gasteiger partial charge on any atom is -0.309 e. The van der Waals surface area contributed by atoms with Crippen molar-refractivity contribution < 1.29 is 0 Å². The minimum absolute atomic E-state index is 0.228. The molecule has 10 rings (SSSR count). The molecular weight excluding hydrogens is 569 g/mol. The summed E-state index contributed by atoms with van der Waals surface area (Å²) in [5.74, 6) is 0. The Balaban J connectivity index is 1.26. The van der Waals surface area contributed by atoms with Gasteiger partial charge in [-0.15, -0.1) is 0 Å². The summed E-state index contributed by atoms with van der Waals surface area (Å²) in [5, 5.41) is 6.11. The molecule has 214 valence electrons. The fraction of sp³-hybridized carbons (Fsp3) is 0.0750. The van der Waals surface area contributed by atoms with E-state index in [9.17, 15) is 0 Å². The molecule has 0 aliphatic carbocycles. The van der Waals surface area contributed by atoms with E-state index >= 15 is 0 Å². The first kappa shape index (κ1) is 25.1. The zero-order valence-electron chi connectivity index (χ0n) is 24.9. The average Bonchev–Trinajstić information content (AvgIpc) is 3.71. The Bertz CT molecular complexity index is 2650. The van der Waals surface area contributed by atoms with Gasteiger partial charge in [-0.05, 0) is 80.1 Å². The van der Waals surface area contributed by atoms with Crippen LogP contribution in [0.5, 0.6) is 0 Å². The molecule has 0 amide bonds. The number of fused-ring (bicyclic) bond motifs is 10. The van der Waals surface area contributed by atoms with Gasteiger partial charge in [0.2, 0.25) is 0 Å². The maximum atomic E-state index is 5.05. The number of imidazole rings is 1. The lowest BCUT2D eigenvalue weighted by molar-refractivity contribution is 0.402. The van der Waals surface area contributed by atoms with Crippen LogP contribution < -0.4 is 0 Å². The molecule has 6 aromatic carbocycles. The summed E-state index contributed by atoms with van der Waals surface area (Å²) in [7, 11) is 0. The van der Waals surface area contributed by atoms with Crippen molar-refractivity contribution in [3.05, 3.63) is 139 Å². The first-order chi connectivity index (χ1) is 22.1. The Labute approximate surface area is 264 Å². The smallest absolute Gasteiger partial charge is 0.174 e. The van der Waals surface area contributed by atoms with Crippen molar-refractivity contribution in [3.63, 3.8) is 0 Å². The van der Waals surface area contributed by atoms with Crippen molar-refractivity contribution in [2.75, 3.05) is 0 Å². The molecule has 4 nitrogen and oxygen atoms in total. The van der Waals surface area contributed by atoms with Gasteiger partial charge in [0, 0.05) is 37.8 Å². The molecule has 4 heterocycles. The fourth-order valence-corrected chi connectivity index (χ4v) is 9.00. The maximum absolute atomic E-state index is 5.05. The normalized spacial score (nSPS) is 14.1. The summed E-state index contributed by atoms with van der Waals surface area (Å²) in [5.41, 5.74) is 10.5. The molecule has 1 aliphatic heterocycles. The predicted octanol–water partition coefficient (Wildman–Crippen LogP) is 10.5. The van der Waals surface area contributed by atoms with Crippen LogP contribution in [-0.4, -0.2) is 18.7 Å². The van der Waals surface area contributed by atoms with Gasteiger partial charge in [0.1, 0.15) is 0 Å². The molecule has 0 N–H and O–H groups in total. The van der Waals surface area contributed by atoms with E-state index in [2.05, 4.69) is 161 Å². The highest BCUT2D eigenvalue weighted by Gasteiger charge is 2.35. The largest absolute Gasteiger partial charge is 0.309 e. The fourth-order valence-electron chi connectivity index (χ4n) is 7.64. The van der Waals surface area contributed by atoms with E-state index < -0.39 is 0 Å². The summed E-state index contributed by atoms with van der Waals surface area (Å²) >= 11 is 1.77. The van der Waals surface area contributed by atoms with Crippen molar-refractivity contribution in [2.45, 2.75) is 29.4 Å². The van der Waals surface area contributed by atoms with Crippen molar-refractivity contribution in [1.29, 1.82) is 0 Å². The van der Waals surface area contributed by atoms with E-state index in [1.165, 1.54) is 65.3 Å². The van der Waals surface area contributed by atoms with Gasteiger partial charge in [0.15, 0.2) is 5.16 Å². The van der Waals surface area contributed by atoms with Crippen molar-refractivity contribution in [2.24, 2.45) is 0 Å². The third-order valence-electron chi connectivity index (χ3n) is 9.65. The highest BCUT2D eigenvalue weighted by atomic mass is 32.2. The molecule has 0 bridgehead atoms. The van der Waals surface area contributed by atoms with Crippen LogP contribution in [0.3, 0.4) is 0 Å². The number of aromatic nitrogens is 4. The second-order valence-corrected chi connectivity index (χ2v) is 13.5. The lowest BCUT2D eigenvalue weighted by atomic mass is 9.93. The number of rotatable bonds is 2. The molecule has 5 heteroatoms. The van der Waals surface area contributed by atoms with Crippen LogP contribution >= 0.6 is 11.8 Å². The van der Waals surface area contributed by atoms with Crippen LogP contribution in [0, 0.1) is 0 Å². The van der Waals surface area contributed by atoms with E-state index in [1.54, 1.807) is 11.8 Å². The quantitative estimate of drug-likeness (QED) is 0.199. The summed E-state index contributed by atoms with van der Waals surface area (Å²) in [6.45, 7) is 4.62. The lowest BCUT2D eigenvalue weighted by Gasteiger charge is -2.35. The van der Waals surface area contributed by atoms with Gasteiger partial charge in [-0.1, -0.05) is 84.6 Å². The minimum atomic E-state index is -0.228. The third kappa shape index (κ3) is 3.36. The van der Waals surface area contributed by atoms with Crippen LogP contribution in [0.25, 0.3) is 66.0 Å². The summed E-state index contributed by atoms with van der Waals surface area (Å²) in [6, 6.07) is 48.5. The Kier molecular flexibility index (Phi) is 4.97. The number of para-hydroxylation sites is 5. The van der Waals surface area contributed by atoms with Gasteiger partial charge in [-0.2, -0.15) is 0 Å². The van der Waals surface area contributed by atoms with Crippen molar-refractivity contribution in [1.82, 2.24) is 18.7 Å². The Hall–Kier alpha value is -5.26. The SMILES string of the molecule is CC1(C)c2ccc(-n3c4ccccc4c4cc5c6ccccc6n(-c6ccccc6)c5cc43)cc2Sc2nc3ccccc3n21. The van der Waals surface area contributed by atoms with E-state index in [4.69, 9.17) is 4.98 Å². The first-order valence-electron chi connectivity index (χ1n) is 15.4. The van der Waals surface area contributed by atoms with E-state index in [1.807, 2.05) is 0 Å². The zero-order chi connectivity index (χ0) is 29.9. The van der Waals surface area contributed by atoms with E-state index in [-0.39, 0.29) is 5.54 Å². The molecule has 0 radical (unpaired) electrons. The van der Waals surface area contributed by atoms with E-state index in [0.29, 0.717) is 0 Å². The molecule has 0 unspecified atom stereocenters. The van der Waals surface area contributed by atoms with Crippen LogP contribution in [0.4, 0.5) is 0 Å². The predicted molar refractivity (Wildman–Crippen MR) is 187 cm³/mol. The maximum Gasteiger partial charge on any atom is 0.174 e. The van der Waals surface area contributed by atoms with Crippen LogP contribution in [0.1, 0.15) is 19.4 Å². The molecule has 0 saturated carbocycles. The molecule has 45 heavy (non-hydrogen) atoms. The van der Waals surface area contributed by atoms with Crippen LogP contribution in [0.15, 0.2) is 144 Å². The highest BCUT2D eigenvalue weighted by molar-refractivity contribution is 7.99. The lowest BCUT2D eigenvalue weighted by Crippen LogP contribution is -2.31. The summed E-state index contributed by atoms with van der Waals surface area (Å²) in [4.78, 5) is 6.31. The average molecular weight is 597 g/mol. The Morgan fingerprint density at radius 2 is 1.11 bits per heavy atom. The van der Waals surface area contributed by atoms with Gasteiger partial charge in [-0.3, -0.25) is 0 Å². The summed E-state index contributed by atoms with van der Waals surface area (Å²) in [6.07, 6.45) is 0. The van der Waals surface area contributed by atoms with Gasteiger partial charge in [0.25, 0.3) is 0 Å². The van der Waals surface area contributed by atoms with Gasteiger partial charge < -0.3 is 13.7 Å². The third-order valence-corrected chi connectivity index (χ3v) is 10.7. The van der Waals surface area contributed by atoms with Gasteiger partial charge >= 0.3 is 0 Å². The monoisotopic (exact) mass is 596 g/mol. The molecule has 0 spiro atoms. The van der Waals surface area contributed by atoms with Crippen molar-refractivity contribution >= 4 is 66.4 Å². The standard InChI is InChI=1S/C40H28N4S/c1-40(2)31-21-20-26(22-38(31)45-39-41-32-16-8-11-19-35(32)44(39)40)43-34-18-10-7-15-28(34)30-23-29-27-14-6-9-17-33(27)42(36(29)24-37(30)43)25-12-4-3-5-13-25/h3-24H,1-2H3. The second-order valence-electron chi connectivity index (χ2n) is 12.5. The number of nitrogens with zero attached hydrogens (tertiary/aromatic N) is 4. The molecule has 9 aromatic rings. The Morgan fingerprint density at radius 3 is 1.82 bits per heavy atom. The highest BCUT2D eigenvalue weighted by Crippen LogP contribution is 2.48. The van der Waals surface area contributed by atoms with Crippen LogP contribution in [0.2, 0.25) is 0 Å². The van der Waals surface area contributed by atoms with Gasteiger partial charge in [-0.25, -0.2) is 4.98 Å². The molecule has 0 atom stereocenters. The molecule has 0 fully saturated rings. The summed E-state index contributed by atoms with van der Waals surface area (Å²) < 4.78 is 7.25. The van der Waals surface area contributed by atoms with E-state index in [0.717, 1.165) is 16.4 Å². The first-order valence-corrected chi connectivity index (χ1v) is 16.2. The molecular formula is C40H28N4S. The topological polar surface area (TPSA) is 27.7 Å². The number of hydrogen-bond acceptors (Lipinski definition) is 2. The Morgan fingerprint density at radius 1 is 0.511 bits per heavy atom. The number of hydrogen-bond donors (Lipinski definition) is 0. The van der Waals surface area contributed by atoms with Crippen molar-refractivity contribution in [3.8, 4) is 11.4 Å². The zero-order valence-corrected chi connectivity index (χ0v) is 25.7. The van der Waals surface area contributed by atoms with Crippen LogP contribution in [-0.2, 0) is 5.54 Å².